The topological polar surface area (TPSA) is 40.5 Å². The van der Waals surface area contributed by atoms with Crippen LogP contribution in [0.25, 0.3) is 0 Å². The molecule has 0 spiro atoms. The summed E-state index contributed by atoms with van der Waals surface area (Å²) >= 11 is 1.81. The van der Waals surface area contributed by atoms with Crippen LogP contribution in [0.3, 0.4) is 0 Å². The number of nitrogens with one attached hydrogen (secondary N) is 1. The lowest BCUT2D eigenvalue weighted by molar-refractivity contribution is 0.465. The van der Waals surface area contributed by atoms with Crippen molar-refractivity contribution in [3.05, 3.63) is 16.1 Å². The van der Waals surface area contributed by atoms with Crippen molar-refractivity contribution in [2.75, 3.05) is 26.7 Å². The zero-order valence-corrected chi connectivity index (χ0v) is 14.1. The number of thiazole rings is 1. The summed E-state index contributed by atoms with van der Waals surface area (Å²) in [5, 5.41) is 4.55. The highest BCUT2D eigenvalue weighted by Crippen LogP contribution is 2.13. The van der Waals surface area contributed by atoms with Crippen LogP contribution < -0.4 is 5.32 Å². The van der Waals surface area contributed by atoms with Crippen LogP contribution in [0.15, 0.2) is 11.2 Å². The van der Waals surface area contributed by atoms with Crippen LogP contribution in [0.5, 0.6) is 0 Å². The Morgan fingerprint density at radius 3 is 2.80 bits per heavy atom. The fourth-order valence-electron chi connectivity index (χ4n) is 1.86. The molecule has 0 atom stereocenters. The van der Waals surface area contributed by atoms with E-state index in [1.165, 1.54) is 22.7 Å². The number of rotatable bonds is 8. The van der Waals surface area contributed by atoms with E-state index in [-0.39, 0.29) is 0 Å². The number of unbranched alkanes of at least 4 members (excludes halogenated alkanes) is 1. The van der Waals surface area contributed by atoms with Crippen molar-refractivity contribution < 1.29 is 0 Å². The number of aromatic nitrogens is 1. The van der Waals surface area contributed by atoms with Crippen LogP contribution in [-0.2, 0) is 12.8 Å². The van der Waals surface area contributed by atoms with Crippen molar-refractivity contribution in [1.29, 1.82) is 0 Å². The predicted octanol–water partition coefficient (Wildman–Crippen LogP) is 2.95. The largest absolute Gasteiger partial charge is 0.357 e. The van der Waals surface area contributed by atoms with Crippen molar-refractivity contribution in [2.45, 2.75) is 46.5 Å². The monoisotopic (exact) mass is 296 g/mol. The standard InChI is InChI=1S/C15H28N4S/c1-5-8-11-19(4)15(16-7-3)17-10-9-14-18-12-13(6-2)20-14/h12H,5-11H2,1-4H3,(H,16,17). The normalized spacial score (nSPS) is 11.7. The summed E-state index contributed by atoms with van der Waals surface area (Å²) in [5.41, 5.74) is 0. The minimum Gasteiger partial charge on any atom is -0.357 e. The van der Waals surface area contributed by atoms with Crippen molar-refractivity contribution >= 4 is 17.3 Å². The van der Waals surface area contributed by atoms with Gasteiger partial charge in [0.05, 0.1) is 5.01 Å². The van der Waals surface area contributed by atoms with Crippen LogP contribution in [-0.4, -0.2) is 42.5 Å². The van der Waals surface area contributed by atoms with Gasteiger partial charge in [-0.05, 0) is 19.8 Å². The second-order valence-electron chi connectivity index (χ2n) is 4.83. The first-order valence-corrected chi connectivity index (χ1v) is 8.45. The molecule has 1 rings (SSSR count). The molecule has 0 fully saturated rings. The highest BCUT2D eigenvalue weighted by molar-refractivity contribution is 7.11. The van der Waals surface area contributed by atoms with E-state index in [0.717, 1.165) is 38.4 Å². The quantitative estimate of drug-likeness (QED) is 0.592. The number of aryl methyl sites for hydroxylation is 1. The summed E-state index contributed by atoms with van der Waals surface area (Å²) < 4.78 is 0. The molecule has 1 aromatic heterocycles. The summed E-state index contributed by atoms with van der Waals surface area (Å²) in [7, 11) is 2.11. The van der Waals surface area contributed by atoms with Gasteiger partial charge in [0.2, 0.25) is 0 Å². The average Bonchev–Trinajstić information content (AvgIpc) is 2.91. The number of guanidine groups is 1. The van der Waals surface area contributed by atoms with Gasteiger partial charge in [-0.15, -0.1) is 11.3 Å². The summed E-state index contributed by atoms with van der Waals surface area (Å²) in [6.45, 7) is 9.26. The molecule has 0 aliphatic carbocycles. The Kier molecular flexibility index (Phi) is 8.26. The van der Waals surface area contributed by atoms with Gasteiger partial charge in [0, 0.05) is 44.2 Å². The molecule has 1 N–H and O–H groups in total. The van der Waals surface area contributed by atoms with Gasteiger partial charge in [-0.2, -0.15) is 0 Å². The molecule has 1 aromatic rings. The zero-order chi connectivity index (χ0) is 14.8. The van der Waals surface area contributed by atoms with E-state index < -0.39 is 0 Å². The molecule has 114 valence electrons. The molecule has 20 heavy (non-hydrogen) atoms. The van der Waals surface area contributed by atoms with Gasteiger partial charge in [-0.25, -0.2) is 4.98 Å². The molecule has 5 heteroatoms. The first-order chi connectivity index (χ1) is 9.71. The molecule has 0 aromatic carbocycles. The molecule has 1 heterocycles. The first kappa shape index (κ1) is 17.0. The Bertz CT molecular complexity index is 400. The summed E-state index contributed by atoms with van der Waals surface area (Å²) in [6, 6.07) is 0. The Morgan fingerprint density at radius 2 is 2.20 bits per heavy atom. The van der Waals surface area contributed by atoms with Gasteiger partial charge in [0.25, 0.3) is 0 Å². The van der Waals surface area contributed by atoms with E-state index in [2.05, 4.69) is 43.0 Å². The molecule has 0 aliphatic heterocycles. The maximum Gasteiger partial charge on any atom is 0.193 e. The van der Waals surface area contributed by atoms with Gasteiger partial charge in [0.15, 0.2) is 5.96 Å². The van der Waals surface area contributed by atoms with Crippen molar-refractivity contribution in [2.24, 2.45) is 4.99 Å². The number of hydrogen-bond acceptors (Lipinski definition) is 3. The van der Waals surface area contributed by atoms with E-state index in [1.54, 1.807) is 11.3 Å². The van der Waals surface area contributed by atoms with Gasteiger partial charge in [-0.3, -0.25) is 4.99 Å². The number of aliphatic imine (C=N–C) groups is 1. The number of hydrogen-bond donors (Lipinski definition) is 1. The Morgan fingerprint density at radius 1 is 1.40 bits per heavy atom. The van der Waals surface area contributed by atoms with Crippen molar-refractivity contribution in [3.63, 3.8) is 0 Å². The smallest absolute Gasteiger partial charge is 0.193 e. The van der Waals surface area contributed by atoms with Crippen LogP contribution in [0.4, 0.5) is 0 Å². The van der Waals surface area contributed by atoms with Crippen LogP contribution in [0.1, 0.15) is 43.5 Å². The maximum absolute atomic E-state index is 4.69. The SMILES string of the molecule is CCCCN(C)C(=NCCc1ncc(CC)s1)NCC. The van der Waals surface area contributed by atoms with E-state index in [9.17, 15) is 0 Å². The van der Waals surface area contributed by atoms with Gasteiger partial charge in [0.1, 0.15) is 0 Å². The second-order valence-corrected chi connectivity index (χ2v) is 6.03. The lowest BCUT2D eigenvalue weighted by Crippen LogP contribution is -2.39. The van der Waals surface area contributed by atoms with Gasteiger partial charge >= 0.3 is 0 Å². The van der Waals surface area contributed by atoms with Crippen LogP contribution >= 0.6 is 11.3 Å². The molecule has 0 bridgehead atoms. The van der Waals surface area contributed by atoms with Crippen LogP contribution in [0, 0.1) is 0 Å². The number of nitrogens with zero attached hydrogens (tertiary/aromatic N) is 3. The van der Waals surface area contributed by atoms with E-state index in [0.29, 0.717) is 0 Å². The molecule has 0 unspecified atom stereocenters. The Labute approximate surface area is 127 Å². The summed E-state index contributed by atoms with van der Waals surface area (Å²) in [5.74, 6) is 1.01. The van der Waals surface area contributed by atoms with Crippen molar-refractivity contribution in [1.82, 2.24) is 15.2 Å². The summed E-state index contributed by atoms with van der Waals surface area (Å²) in [6.07, 6.45) is 6.41. The van der Waals surface area contributed by atoms with Crippen molar-refractivity contribution in [3.8, 4) is 0 Å². The van der Waals surface area contributed by atoms with E-state index >= 15 is 0 Å². The molecule has 0 radical (unpaired) electrons. The average molecular weight is 296 g/mol. The van der Waals surface area contributed by atoms with Crippen LogP contribution in [0.2, 0.25) is 0 Å². The lowest BCUT2D eigenvalue weighted by Gasteiger charge is -2.21. The Hall–Kier alpha value is -1.10. The fourth-order valence-corrected chi connectivity index (χ4v) is 2.71. The minimum absolute atomic E-state index is 0.801. The molecular weight excluding hydrogens is 268 g/mol. The molecule has 4 nitrogen and oxygen atoms in total. The zero-order valence-electron chi connectivity index (χ0n) is 13.3. The van der Waals surface area contributed by atoms with Gasteiger partial charge < -0.3 is 10.2 Å². The maximum atomic E-state index is 4.69. The Balaban J connectivity index is 2.49. The fraction of sp³-hybridized carbons (Fsp3) is 0.733. The van der Waals surface area contributed by atoms with E-state index in [1.807, 2.05) is 6.20 Å². The lowest BCUT2D eigenvalue weighted by atomic mass is 10.3. The summed E-state index contributed by atoms with van der Waals surface area (Å²) in [4.78, 5) is 12.7. The highest BCUT2D eigenvalue weighted by Gasteiger charge is 2.05. The third kappa shape index (κ3) is 5.90. The molecule has 0 aliphatic rings. The molecule has 0 amide bonds. The predicted molar refractivity (Wildman–Crippen MR) is 88.7 cm³/mol. The first-order valence-electron chi connectivity index (χ1n) is 7.64. The second kappa shape index (κ2) is 9.75. The molecular formula is C15H28N4S. The third-order valence-corrected chi connectivity index (χ3v) is 4.28. The molecule has 0 saturated carbocycles. The third-order valence-electron chi connectivity index (χ3n) is 3.08. The van der Waals surface area contributed by atoms with Gasteiger partial charge in [-0.1, -0.05) is 20.3 Å². The van der Waals surface area contributed by atoms with E-state index in [4.69, 9.17) is 4.99 Å². The minimum atomic E-state index is 0.801. The molecule has 0 saturated heterocycles. The highest BCUT2D eigenvalue weighted by atomic mass is 32.1.